The monoisotopic (exact) mass is 744 g/mol. The molecule has 4 atom stereocenters. The van der Waals surface area contributed by atoms with Crippen LogP contribution >= 0.6 is 0 Å². The van der Waals surface area contributed by atoms with Crippen LogP contribution in [0.4, 0.5) is 9.59 Å². The second-order valence-electron chi connectivity index (χ2n) is 14.9. The van der Waals surface area contributed by atoms with E-state index >= 15 is 0 Å². The van der Waals surface area contributed by atoms with Crippen molar-refractivity contribution in [2.24, 2.45) is 5.92 Å². The first kappa shape index (κ1) is 39.1. The molecule has 0 aliphatic carbocycles. The van der Waals surface area contributed by atoms with E-state index in [1.165, 1.54) is 4.85 Å². The van der Waals surface area contributed by atoms with Crippen LogP contribution < -0.4 is 14.9 Å². The number of ether oxygens (including phenoxy) is 3. The number of allylic oxidation sites excluding steroid dienone is 1. The summed E-state index contributed by atoms with van der Waals surface area (Å²) in [6, 6.07) is 11.9. The number of imide groups is 1. The van der Waals surface area contributed by atoms with E-state index in [0.29, 0.717) is 41.2 Å². The second-order valence-corrected chi connectivity index (χ2v) is 20.5. The van der Waals surface area contributed by atoms with Crippen LogP contribution in [0.25, 0.3) is 28.0 Å². The molecular weight excluding hydrogens is 695 g/mol. The van der Waals surface area contributed by atoms with Crippen LogP contribution in [0.5, 0.6) is 11.9 Å². The normalized spacial score (nSPS) is 19.2. The lowest BCUT2D eigenvalue weighted by Gasteiger charge is -2.35. The number of carbonyl (C=O) groups is 3. The summed E-state index contributed by atoms with van der Waals surface area (Å²) in [5.41, 5.74) is 2.60. The molecule has 1 N–H and O–H groups in total. The van der Waals surface area contributed by atoms with Crippen molar-refractivity contribution in [2.75, 3.05) is 19.8 Å². The van der Waals surface area contributed by atoms with E-state index in [1.807, 2.05) is 57.2 Å². The van der Waals surface area contributed by atoms with Gasteiger partial charge in [0.1, 0.15) is 23.6 Å². The number of unbranched alkanes of at least 4 members (excludes halogenated alkanes) is 1. The zero-order chi connectivity index (χ0) is 38.3. The summed E-state index contributed by atoms with van der Waals surface area (Å²) in [6.45, 7) is 19.9. The van der Waals surface area contributed by atoms with Gasteiger partial charge in [-0.1, -0.05) is 75.3 Å². The Morgan fingerprint density at radius 2 is 1.83 bits per heavy atom. The van der Waals surface area contributed by atoms with Crippen molar-refractivity contribution in [1.82, 2.24) is 30.4 Å². The Morgan fingerprint density at radius 3 is 2.55 bits per heavy atom. The summed E-state index contributed by atoms with van der Waals surface area (Å²) >= 11 is 0. The highest BCUT2D eigenvalue weighted by atomic mass is 28.3. The highest BCUT2D eigenvalue weighted by molar-refractivity contribution is 6.76. The van der Waals surface area contributed by atoms with Gasteiger partial charge >= 0.3 is 24.1 Å². The van der Waals surface area contributed by atoms with Crippen molar-refractivity contribution in [3.63, 3.8) is 0 Å². The first-order valence-corrected chi connectivity index (χ1v) is 21.7. The fourth-order valence-corrected chi connectivity index (χ4v) is 6.98. The van der Waals surface area contributed by atoms with E-state index in [9.17, 15) is 14.4 Å². The molecule has 4 aromatic rings. The molecule has 1 aliphatic rings. The number of hydrogen-bond donors (Lipinski definition) is 1. The Kier molecular flexibility index (Phi) is 12.3. The smallest absolute Gasteiger partial charge is 0.467 e. The first-order valence-electron chi connectivity index (χ1n) is 18.0. The number of para-hydroxylation sites is 1. The number of likely N-dealkylation sites (tertiary alicyclic amines) is 1. The largest absolute Gasteiger partial charge is 0.524 e. The lowest BCUT2D eigenvalue weighted by atomic mass is 10.0. The average Bonchev–Trinajstić information content (AvgIpc) is 3.68. The number of alkyl carbamates (subject to hydrolysis) is 1. The Bertz CT molecular complexity index is 1980. The number of carbonyl (C=O) groups excluding carboxylic acids is 3. The fraction of sp³-hybridized carbons (Fsp3) is 0.447. The zero-order valence-electron chi connectivity index (χ0n) is 31.4. The maximum atomic E-state index is 14.7. The van der Waals surface area contributed by atoms with Gasteiger partial charge in [0, 0.05) is 14.5 Å². The fourth-order valence-electron chi connectivity index (χ4n) is 6.26. The third-order valence-electron chi connectivity index (χ3n) is 9.30. The number of fused-ring (bicyclic) bond motifs is 2. The van der Waals surface area contributed by atoms with Gasteiger partial charge in [0.05, 0.1) is 24.1 Å². The first-order chi connectivity index (χ1) is 25.2. The Hall–Kier alpha value is -5.15. The van der Waals surface area contributed by atoms with Crippen LogP contribution in [-0.4, -0.2) is 93.7 Å². The number of rotatable bonds is 15. The van der Waals surface area contributed by atoms with Gasteiger partial charge in [0.15, 0.2) is 12.1 Å². The predicted molar refractivity (Wildman–Crippen MR) is 204 cm³/mol. The highest BCUT2D eigenvalue weighted by Gasteiger charge is 2.60. The Morgan fingerprint density at radius 1 is 1.06 bits per heavy atom. The number of aromatic nitrogens is 5. The molecule has 0 bridgehead atoms. The van der Waals surface area contributed by atoms with Gasteiger partial charge < -0.3 is 24.4 Å². The van der Waals surface area contributed by atoms with E-state index in [0.717, 1.165) is 11.6 Å². The minimum absolute atomic E-state index is 0.0428. The zero-order valence-corrected chi connectivity index (χ0v) is 32.4. The number of benzene rings is 2. The van der Waals surface area contributed by atoms with E-state index in [4.69, 9.17) is 19.0 Å². The van der Waals surface area contributed by atoms with Gasteiger partial charge in [-0.15, -0.1) is 11.7 Å². The molecule has 0 saturated carbocycles. The quantitative estimate of drug-likeness (QED) is 0.0583. The molecule has 3 unspecified atom stereocenters. The van der Waals surface area contributed by atoms with E-state index in [2.05, 4.69) is 58.4 Å². The summed E-state index contributed by atoms with van der Waals surface area (Å²) in [5, 5.41) is 11.6. The number of quaternary nitrogens is 1. The van der Waals surface area contributed by atoms with Gasteiger partial charge in [-0.05, 0) is 66.8 Å². The molecule has 14 nitrogen and oxygen atoms in total. The third kappa shape index (κ3) is 9.08. The molecule has 1 saturated heterocycles. The summed E-state index contributed by atoms with van der Waals surface area (Å²) in [7, 11) is -1.57. The van der Waals surface area contributed by atoms with Gasteiger partial charge in [-0.2, -0.15) is 19.2 Å². The van der Waals surface area contributed by atoms with E-state index < -0.39 is 48.8 Å². The number of hydrogen-bond acceptors (Lipinski definition) is 11. The molecule has 3 heterocycles. The minimum Gasteiger partial charge on any atom is -0.467 e. The van der Waals surface area contributed by atoms with Crippen LogP contribution in [0, 0.1) is 5.92 Å². The van der Waals surface area contributed by atoms with Crippen LogP contribution in [0.1, 0.15) is 45.6 Å². The summed E-state index contributed by atoms with van der Waals surface area (Å²) < 4.78 is 17.2. The lowest BCUT2D eigenvalue weighted by molar-refractivity contribution is -0.795. The SMILES string of the molecule is C=CCCCOC(=O)NC(C(=O)[N+]1(C(=O)OCC[Si](C)(C)C)C[C@H](Oc2nc(On3nnc4ccccc43)nc3ccc(C=C)cc23)CC1C)C(C)C. The molecule has 2 aromatic carbocycles. The van der Waals surface area contributed by atoms with Crippen molar-refractivity contribution in [1.29, 1.82) is 0 Å². The van der Waals surface area contributed by atoms with Gasteiger partial charge in [0.25, 0.3) is 0 Å². The standard InChI is InChI=1S/C38H49N7O7Si/c1-9-11-14-19-49-37(47)40-33(25(3)4)35(46)45(38(48)50-20-21-53(6,7)8)24-28(22-26(45)5)51-34-29-23-27(10-2)17-18-30(29)39-36(41-34)52-44-32-16-13-12-15-31(32)42-43-44/h9-10,12-13,15-18,23,25-26,28,33H,1-2,11,14,19-22,24H2,3-8H3/p+1/t26?,28-,33?,45?/m1/s1. The maximum Gasteiger partial charge on any atom is 0.524 e. The molecule has 282 valence electrons. The average molecular weight is 745 g/mol. The van der Waals surface area contributed by atoms with Gasteiger partial charge in [0.2, 0.25) is 5.88 Å². The molecule has 0 spiro atoms. The molecule has 0 radical (unpaired) electrons. The molecule has 1 aliphatic heterocycles. The Balaban J connectivity index is 1.48. The molecular formula is C38H50N7O7Si+. The van der Waals surface area contributed by atoms with Gasteiger partial charge in [-0.25, -0.2) is 9.59 Å². The minimum atomic E-state index is -1.57. The molecule has 3 amide bonds. The van der Waals surface area contributed by atoms with Crippen molar-refractivity contribution in [3.8, 4) is 11.9 Å². The predicted octanol–water partition coefficient (Wildman–Crippen LogP) is 6.93. The number of amides is 3. The highest BCUT2D eigenvalue weighted by Crippen LogP contribution is 2.36. The van der Waals surface area contributed by atoms with Crippen molar-refractivity contribution in [3.05, 3.63) is 67.3 Å². The van der Waals surface area contributed by atoms with E-state index in [-0.39, 0.29) is 37.6 Å². The van der Waals surface area contributed by atoms with Crippen molar-refractivity contribution in [2.45, 2.75) is 83.9 Å². The van der Waals surface area contributed by atoms with Crippen molar-refractivity contribution >= 4 is 54.2 Å². The van der Waals surface area contributed by atoms with Crippen LogP contribution in [-0.2, 0) is 14.3 Å². The van der Waals surface area contributed by atoms with Crippen LogP contribution in [0.2, 0.25) is 25.7 Å². The second kappa shape index (κ2) is 16.7. The van der Waals surface area contributed by atoms with Crippen LogP contribution in [0.3, 0.4) is 0 Å². The number of nitrogens with zero attached hydrogens (tertiary/aromatic N) is 6. The van der Waals surface area contributed by atoms with Crippen LogP contribution in [0.15, 0.2) is 61.7 Å². The molecule has 1 fully saturated rings. The van der Waals surface area contributed by atoms with Crippen molar-refractivity contribution < 1.29 is 37.9 Å². The van der Waals surface area contributed by atoms with Gasteiger partial charge in [-0.3, -0.25) is 0 Å². The summed E-state index contributed by atoms with van der Waals surface area (Å²) in [4.78, 5) is 58.3. The molecule has 15 heteroatoms. The topological polar surface area (TPSA) is 157 Å². The third-order valence-corrected chi connectivity index (χ3v) is 11.0. The maximum absolute atomic E-state index is 14.7. The molecule has 5 rings (SSSR count). The summed E-state index contributed by atoms with van der Waals surface area (Å²) in [6.07, 6.45) is 2.96. The molecule has 2 aromatic heterocycles. The van der Waals surface area contributed by atoms with E-state index in [1.54, 1.807) is 18.2 Å². The number of nitrogens with one attached hydrogen (secondary N) is 1. The lowest BCUT2D eigenvalue weighted by Crippen LogP contribution is -2.66. The molecule has 53 heavy (non-hydrogen) atoms. The Labute approximate surface area is 310 Å². The summed E-state index contributed by atoms with van der Waals surface area (Å²) in [5.74, 6) is -0.671.